The van der Waals surface area contributed by atoms with Crippen molar-refractivity contribution in [1.82, 2.24) is 0 Å². The monoisotopic (exact) mass is 553 g/mol. The van der Waals surface area contributed by atoms with Crippen molar-refractivity contribution in [3.05, 3.63) is 23.8 Å². The lowest BCUT2D eigenvalue weighted by molar-refractivity contribution is -0.166. The Labute approximate surface area is 230 Å². The van der Waals surface area contributed by atoms with Crippen molar-refractivity contribution in [3.8, 4) is 11.5 Å². The first-order chi connectivity index (χ1) is 18.2. The van der Waals surface area contributed by atoms with Crippen molar-refractivity contribution in [2.24, 2.45) is 23.5 Å². The predicted molar refractivity (Wildman–Crippen MR) is 142 cm³/mol. The highest BCUT2D eigenvalue weighted by Crippen LogP contribution is 2.30. The summed E-state index contributed by atoms with van der Waals surface area (Å²) >= 11 is 0. The smallest absolute Gasteiger partial charge is 0.459 e. The van der Waals surface area contributed by atoms with E-state index in [-0.39, 0.29) is 61.3 Å². The maximum absolute atomic E-state index is 12.6. The SMILES string of the molecule is CC(C)COC(=O)Oc1ccc(C[C@H](N)C(=O)O[C@@H](C)C(C)OC(=O)CC(C)C)cc1OC(=O)OCC(C)C. The summed E-state index contributed by atoms with van der Waals surface area (Å²) in [5.74, 6) is -0.938. The molecule has 0 aliphatic rings. The molecular formula is C28H43NO10. The van der Waals surface area contributed by atoms with Gasteiger partial charge in [-0.2, -0.15) is 0 Å². The van der Waals surface area contributed by atoms with E-state index >= 15 is 0 Å². The summed E-state index contributed by atoms with van der Waals surface area (Å²) in [6.07, 6.45) is -3.05. The average Bonchev–Trinajstić information content (AvgIpc) is 2.82. The van der Waals surface area contributed by atoms with Gasteiger partial charge in [0.1, 0.15) is 18.2 Å². The molecule has 0 aliphatic heterocycles. The molecule has 3 atom stereocenters. The van der Waals surface area contributed by atoms with Crippen LogP contribution in [-0.2, 0) is 35.0 Å². The summed E-state index contributed by atoms with van der Waals surface area (Å²) in [4.78, 5) is 48.8. The Hall–Kier alpha value is -3.34. The number of esters is 2. The van der Waals surface area contributed by atoms with Crippen LogP contribution in [0.1, 0.15) is 67.4 Å². The molecule has 0 radical (unpaired) electrons. The molecule has 0 fully saturated rings. The van der Waals surface area contributed by atoms with E-state index in [9.17, 15) is 19.2 Å². The van der Waals surface area contributed by atoms with Gasteiger partial charge in [0.15, 0.2) is 11.5 Å². The van der Waals surface area contributed by atoms with Crippen LogP contribution in [0.2, 0.25) is 0 Å². The topological polar surface area (TPSA) is 150 Å². The number of benzene rings is 1. The Balaban J connectivity index is 2.92. The number of nitrogens with two attached hydrogens (primary N) is 1. The molecule has 0 bridgehead atoms. The molecule has 1 unspecified atom stereocenters. The van der Waals surface area contributed by atoms with Gasteiger partial charge in [-0.15, -0.1) is 0 Å². The van der Waals surface area contributed by atoms with Gasteiger partial charge in [0.25, 0.3) is 0 Å². The Morgan fingerprint density at radius 3 is 1.74 bits per heavy atom. The van der Waals surface area contributed by atoms with E-state index in [0.717, 1.165) is 0 Å². The third-order valence-corrected chi connectivity index (χ3v) is 5.08. The molecule has 1 aromatic rings. The van der Waals surface area contributed by atoms with Gasteiger partial charge in [-0.3, -0.25) is 9.59 Å². The van der Waals surface area contributed by atoms with Crippen molar-refractivity contribution in [3.63, 3.8) is 0 Å². The third kappa shape index (κ3) is 13.9. The number of carbonyl (C=O) groups excluding carboxylic acids is 4. The lowest BCUT2D eigenvalue weighted by Crippen LogP contribution is -2.39. The van der Waals surface area contributed by atoms with E-state index in [4.69, 9.17) is 34.2 Å². The van der Waals surface area contributed by atoms with E-state index in [2.05, 4.69) is 0 Å². The van der Waals surface area contributed by atoms with E-state index in [1.165, 1.54) is 12.1 Å². The van der Waals surface area contributed by atoms with Crippen LogP contribution in [0.15, 0.2) is 18.2 Å². The van der Waals surface area contributed by atoms with Crippen molar-refractivity contribution in [2.75, 3.05) is 13.2 Å². The Bertz CT molecular complexity index is 960. The zero-order valence-electron chi connectivity index (χ0n) is 24.2. The summed E-state index contributed by atoms with van der Waals surface area (Å²) in [7, 11) is 0. The summed E-state index contributed by atoms with van der Waals surface area (Å²) < 4.78 is 31.3. The maximum atomic E-state index is 12.6. The van der Waals surface area contributed by atoms with Gasteiger partial charge < -0.3 is 34.2 Å². The lowest BCUT2D eigenvalue weighted by Gasteiger charge is -2.23. The largest absolute Gasteiger partial charge is 0.513 e. The predicted octanol–water partition coefficient (Wildman–Crippen LogP) is 4.81. The first-order valence-electron chi connectivity index (χ1n) is 13.2. The van der Waals surface area contributed by atoms with Crippen molar-refractivity contribution in [1.29, 1.82) is 0 Å². The van der Waals surface area contributed by atoms with Crippen LogP contribution in [0.5, 0.6) is 11.5 Å². The Morgan fingerprint density at radius 2 is 1.23 bits per heavy atom. The molecule has 0 aliphatic carbocycles. The Kier molecular flexibility index (Phi) is 14.3. The lowest BCUT2D eigenvalue weighted by atomic mass is 10.1. The molecule has 11 nitrogen and oxygen atoms in total. The van der Waals surface area contributed by atoms with Crippen LogP contribution in [0.4, 0.5) is 9.59 Å². The van der Waals surface area contributed by atoms with Crippen LogP contribution in [0.25, 0.3) is 0 Å². The second-order valence-electron chi connectivity index (χ2n) is 10.6. The van der Waals surface area contributed by atoms with Crippen molar-refractivity contribution in [2.45, 2.75) is 86.5 Å². The fraction of sp³-hybridized carbons (Fsp3) is 0.643. The number of rotatable bonds is 14. The zero-order valence-corrected chi connectivity index (χ0v) is 24.2. The number of carbonyl (C=O) groups is 4. The molecule has 0 saturated heterocycles. The van der Waals surface area contributed by atoms with Gasteiger partial charge in [0, 0.05) is 6.42 Å². The molecule has 0 amide bonds. The molecule has 0 spiro atoms. The highest BCUT2D eigenvalue weighted by Gasteiger charge is 2.25. The van der Waals surface area contributed by atoms with Crippen LogP contribution < -0.4 is 15.2 Å². The second kappa shape index (κ2) is 16.6. The van der Waals surface area contributed by atoms with Gasteiger partial charge in [0.2, 0.25) is 0 Å². The van der Waals surface area contributed by atoms with Crippen LogP contribution in [0, 0.1) is 17.8 Å². The van der Waals surface area contributed by atoms with Crippen LogP contribution in [-0.4, -0.2) is 55.7 Å². The number of hydrogen-bond acceptors (Lipinski definition) is 11. The minimum atomic E-state index is -1.07. The zero-order chi connectivity index (χ0) is 29.7. The van der Waals surface area contributed by atoms with Crippen molar-refractivity contribution < 1.29 is 47.6 Å². The average molecular weight is 554 g/mol. The minimum absolute atomic E-state index is 0.0164. The van der Waals surface area contributed by atoms with E-state index in [0.29, 0.717) is 5.56 Å². The van der Waals surface area contributed by atoms with E-state index in [1.54, 1.807) is 19.9 Å². The van der Waals surface area contributed by atoms with Gasteiger partial charge in [-0.25, -0.2) is 9.59 Å². The molecule has 0 heterocycles. The van der Waals surface area contributed by atoms with Gasteiger partial charge >= 0.3 is 24.2 Å². The number of ether oxygens (including phenoxy) is 6. The standard InChI is InChI=1S/C28H43NO10/c1-16(2)11-25(30)36-19(7)20(8)37-26(31)22(29)12-21-9-10-23(38-27(32)34-14-17(3)4)24(13-21)39-28(33)35-15-18(5)6/h9-10,13,16-20,22H,11-12,14-15,29H2,1-8H3/t19?,20-,22-/m0/s1. The Morgan fingerprint density at radius 1 is 0.718 bits per heavy atom. The highest BCUT2D eigenvalue weighted by atomic mass is 16.7. The quantitative estimate of drug-likeness (QED) is 0.192. The van der Waals surface area contributed by atoms with Gasteiger partial charge in [-0.1, -0.05) is 47.6 Å². The first kappa shape index (κ1) is 33.7. The minimum Gasteiger partial charge on any atom is -0.459 e. The van der Waals surface area contributed by atoms with Gasteiger partial charge in [-0.05, 0) is 55.7 Å². The fourth-order valence-electron chi connectivity index (χ4n) is 2.94. The molecular weight excluding hydrogens is 510 g/mol. The summed E-state index contributed by atoms with van der Waals surface area (Å²) in [6.45, 7) is 14.8. The molecule has 220 valence electrons. The van der Waals surface area contributed by atoms with Crippen LogP contribution in [0.3, 0.4) is 0 Å². The molecule has 1 rings (SSSR count). The normalized spacial score (nSPS) is 13.4. The summed E-state index contributed by atoms with van der Waals surface area (Å²) in [5, 5.41) is 0. The maximum Gasteiger partial charge on any atom is 0.513 e. The second-order valence-corrected chi connectivity index (χ2v) is 10.6. The van der Waals surface area contributed by atoms with E-state index in [1.807, 2.05) is 41.5 Å². The molecule has 39 heavy (non-hydrogen) atoms. The van der Waals surface area contributed by atoms with E-state index < -0.39 is 36.5 Å². The molecule has 0 aromatic heterocycles. The number of hydrogen-bond donors (Lipinski definition) is 1. The third-order valence-electron chi connectivity index (χ3n) is 5.08. The first-order valence-corrected chi connectivity index (χ1v) is 13.2. The highest BCUT2D eigenvalue weighted by molar-refractivity contribution is 5.76. The van der Waals surface area contributed by atoms with Crippen molar-refractivity contribution >= 4 is 24.2 Å². The summed E-state index contributed by atoms with van der Waals surface area (Å²) in [6, 6.07) is 3.29. The molecule has 2 N–H and O–H groups in total. The van der Waals surface area contributed by atoms with Crippen LogP contribution >= 0.6 is 0 Å². The van der Waals surface area contributed by atoms with Gasteiger partial charge in [0.05, 0.1) is 13.2 Å². The fourth-order valence-corrected chi connectivity index (χ4v) is 2.94. The molecule has 1 aromatic carbocycles. The molecule has 11 heteroatoms. The molecule has 0 saturated carbocycles. The summed E-state index contributed by atoms with van der Waals surface area (Å²) in [5.41, 5.74) is 6.56.